The Kier molecular flexibility index (Phi) is 4.56. The van der Waals surface area contributed by atoms with Crippen LogP contribution in [0.3, 0.4) is 0 Å². The summed E-state index contributed by atoms with van der Waals surface area (Å²) < 4.78 is 1.10. The number of benzene rings is 1. The Morgan fingerprint density at radius 2 is 2.00 bits per heavy atom. The average Bonchev–Trinajstić information content (AvgIpc) is 2.41. The Balaban J connectivity index is 2.12. The Bertz CT molecular complexity index is 540. The minimum atomic E-state index is -0.477. The van der Waals surface area contributed by atoms with E-state index in [1.165, 1.54) is 5.56 Å². The molecular formula is C15H17BrN2O. The number of aliphatic hydroxyl groups is 1. The summed E-state index contributed by atoms with van der Waals surface area (Å²) in [5.41, 5.74) is 2.05. The minimum Gasteiger partial charge on any atom is -0.389 e. The van der Waals surface area contributed by atoms with E-state index in [1.807, 2.05) is 37.4 Å². The molecule has 0 spiro atoms. The highest BCUT2D eigenvalue weighted by atomic mass is 79.9. The predicted molar refractivity (Wildman–Crippen MR) is 81.1 cm³/mol. The van der Waals surface area contributed by atoms with Gasteiger partial charge >= 0.3 is 0 Å². The summed E-state index contributed by atoms with van der Waals surface area (Å²) in [6.07, 6.45) is 1.24. The van der Waals surface area contributed by atoms with E-state index in [-0.39, 0.29) is 0 Å². The highest BCUT2D eigenvalue weighted by Gasteiger charge is 2.07. The number of rotatable bonds is 4. The third-order valence-corrected chi connectivity index (χ3v) is 3.78. The number of hydrogen-bond donors (Lipinski definition) is 1. The van der Waals surface area contributed by atoms with E-state index in [9.17, 15) is 5.11 Å². The van der Waals surface area contributed by atoms with Crippen LogP contribution in [-0.4, -0.2) is 17.1 Å². The fourth-order valence-electron chi connectivity index (χ4n) is 1.83. The summed E-state index contributed by atoms with van der Waals surface area (Å²) in [6.45, 7) is 2.52. The molecule has 0 amide bonds. The summed E-state index contributed by atoms with van der Waals surface area (Å²) in [4.78, 5) is 6.45. The maximum atomic E-state index is 9.46. The van der Waals surface area contributed by atoms with Crippen LogP contribution in [0.25, 0.3) is 0 Å². The van der Waals surface area contributed by atoms with Gasteiger partial charge in [0.2, 0.25) is 0 Å². The van der Waals surface area contributed by atoms with Gasteiger partial charge in [-0.2, -0.15) is 0 Å². The first-order valence-corrected chi connectivity index (χ1v) is 6.96. The molecule has 1 aromatic heterocycles. The van der Waals surface area contributed by atoms with Crippen LogP contribution in [0, 0.1) is 0 Å². The molecule has 1 aromatic carbocycles. The van der Waals surface area contributed by atoms with Crippen molar-refractivity contribution in [2.24, 2.45) is 0 Å². The minimum absolute atomic E-state index is 0.477. The van der Waals surface area contributed by atoms with E-state index >= 15 is 0 Å². The average molecular weight is 321 g/mol. The SMILES string of the molecule is C[C@H](O)c1ccc(N(C)Cc2ccccc2Br)nc1. The van der Waals surface area contributed by atoms with Crippen LogP contribution >= 0.6 is 15.9 Å². The van der Waals surface area contributed by atoms with Crippen molar-refractivity contribution in [3.05, 3.63) is 58.2 Å². The second kappa shape index (κ2) is 6.17. The Morgan fingerprint density at radius 1 is 1.26 bits per heavy atom. The summed E-state index contributed by atoms with van der Waals surface area (Å²) in [5, 5.41) is 9.46. The first-order chi connectivity index (χ1) is 9.08. The second-order valence-electron chi connectivity index (χ2n) is 4.57. The molecule has 4 heteroatoms. The van der Waals surface area contributed by atoms with Crippen LogP contribution in [0.5, 0.6) is 0 Å². The Labute approximate surface area is 122 Å². The number of halogens is 1. The van der Waals surface area contributed by atoms with Crippen molar-refractivity contribution in [1.29, 1.82) is 0 Å². The predicted octanol–water partition coefficient (Wildman–Crippen LogP) is 3.53. The van der Waals surface area contributed by atoms with Gasteiger partial charge in [-0.3, -0.25) is 0 Å². The first-order valence-electron chi connectivity index (χ1n) is 6.16. The monoisotopic (exact) mass is 320 g/mol. The third-order valence-electron chi connectivity index (χ3n) is 3.01. The second-order valence-corrected chi connectivity index (χ2v) is 5.43. The highest BCUT2D eigenvalue weighted by Crippen LogP contribution is 2.20. The van der Waals surface area contributed by atoms with Crippen LogP contribution in [-0.2, 0) is 6.54 Å². The zero-order chi connectivity index (χ0) is 13.8. The smallest absolute Gasteiger partial charge is 0.128 e. The van der Waals surface area contributed by atoms with Crippen LogP contribution in [0.15, 0.2) is 47.1 Å². The van der Waals surface area contributed by atoms with Crippen molar-refractivity contribution in [2.45, 2.75) is 19.6 Å². The molecule has 1 N–H and O–H groups in total. The van der Waals surface area contributed by atoms with Crippen LogP contribution < -0.4 is 4.90 Å². The molecule has 0 fully saturated rings. The van der Waals surface area contributed by atoms with Gasteiger partial charge in [-0.15, -0.1) is 0 Å². The van der Waals surface area contributed by atoms with Crippen molar-refractivity contribution in [3.63, 3.8) is 0 Å². The lowest BCUT2D eigenvalue weighted by Gasteiger charge is -2.19. The van der Waals surface area contributed by atoms with Crippen molar-refractivity contribution >= 4 is 21.7 Å². The summed E-state index contributed by atoms with van der Waals surface area (Å²) >= 11 is 3.55. The Hall–Kier alpha value is -1.39. The fourth-order valence-corrected chi connectivity index (χ4v) is 2.24. The molecule has 0 unspecified atom stereocenters. The van der Waals surface area contributed by atoms with Crippen molar-refractivity contribution < 1.29 is 5.11 Å². The van der Waals surface area contributed by atoms with Gasteiger partial charge in [0.25, 0.3) is 0 Å². The maximum absolute atomic E-state index is 9.46. The number of pyridine rings is 1. The summed E-state index contributed by atoms with van der Waals surface area (Å²) in [6, 6.07) is 12.0. The van der Waals surface area contributed by atoms with E-state index in [1.54, 1.807) is 13.1 Å². The van der Waals surface area contributed by atoms with Crippen LogP contribution in [0.4, 0.5) is 5.82 Å². The number of aliphatic hydroxyl groups excluding tert-OH is 1. The van der Waals surface area contributed by atoms with Crippen LogP contribution in [0.2, 0.25) is 0 Å². The molecule has 0 bridgehead atoms. The van der Waals surface area contributed by atoms with Gasteiger partial charge in [-0.25, -0.2) is 4.98 Å². The molecule has 0 aliphatic rings. The molecule has 0 radical (unpaired) electrons. The number of hydrogen-bond acceptors (Lipinski definition) is 3. The van der Waals surface area contributed by atoms with E-state index in [0.717, 1.165) is 22.4 Å². The number of anilines is 1. The standard InChI is InChI=1S/C15H17BrN2O/c1-11(19)12-7-8-15(17-9-12)18(2)10-13-5-3-4-6-14(13)16/h3-9,11,19H,10H2,1-2H3/t11-/m0/s1. The van der Waals surface area contributed by atoms with Gasteiger partial charge in [-0.05, 0) is 30.2 Å². The molecule has 3 nitrogen and oxygen atoms in total. The zero-order valence-corrected chi connectivity index (χ0v) is 12.6. The highest BCUT2D eigenvalue weighted by molar-refractivity contribution is 9.10. The fraction of sp³-hybridized carbons (Fsp3) is 0.267. The van der Waals surface area contributed by atoms with E-state index < -0.39 is 6.10 Å². The van der Waals surface area contributed by atoms with Crippen molar-refractivity contribution in [2.75, 3.05) is 11.9 Å². The first kappa shape index (κ1) is 14.0. The van der Waals surface area contributed by atoms with E-state index in [0.29, 0.717) is 0 Å². The summed E-state index contributed by atoms with van der Waals surface area (Å²) in [5.74, 6) is 0.889. The molecule has 19 heavy (non-hydrogen) atoms. The molecule has 1 atom stereocenters. The lowest BCUT2D eigenvalue weighted by molar-refractivity contribution is 0.199. The molecule has 0 aliphatic heterocycles. The van der Waals surface area contributed by atoms with Gasteiger partial charge in [0.05, 0.1) is 6.10 Å². The lowest BCUT2D eigenvalue weighted by Crippen LogP contribution is -2.18. The summed E-state index contributed by atoms with van der Waals surface area (Å²) in [7, 11) is 2.00. The molecule has 0 saturated carbocycles. The topological polar surface area (TPSA) is 36.4 Å². The molecule has 1 heterocycles. The molecule has 2 aromatic rings. The maximum Gasteiger partial charge on any atom is 0.128 e. The molecule has 100 valence electrons. The largest absolute Gasteiger partial charge is 0.389 e. The van der Waals surface area contributed by atoms with Crippen molar-refractivity contribution in [1.82, 2.24) is 4.98 Å². The lowest BCUT2D eigenvalue weighted by atomic mass is 10.2. The van der Waals surface area contributed by atoms with Gasteiger partial charge in [0.15, 0.2) is 0 Å². The van der Waals surface area contributed by atoms with E-state index in [4.69, 9.17) is 0 Å². The zero-order valence-electron chi connectivity index (χ0n) is 11.0. The molecule has 2 rings (SSSR count). The molecule has 0 aliphatic carbocycles. The van der Waals surface area contributed by atoms with Gasteiger partial charge < -0.3 is 10.0 Å². The number of nitrogens with zero attached hydrogens (tertiary/aromatic N) is 2. The third kappa shape index (κ3) is 3.55. The quantitative estimate of drug-likeness (QED) is 0.936. The molecular weight excluding hydrogens is 304 g/mol. The number of aromatic nitrogens is 1. The van der Waals surface area contributed by atoms with Gasteiger partial charge in [-0.1, -0.05) is 40.2 Å². The van der Waals surface area contributed by atoms with Crippen LogP contribution in [0.1, 0.15) is 24.2 Å². The van der Waals surface area contributed by atoms with Gasteiger partial charge in [0.1, 0.15) is 5.82 Å². The van der Waals surface area contributed by atoms with E-state index in [2.05, 4.69) is 31.9 Å². The molecule has 0 saturated heterocycles. The normalized spacial score (nSPS) is 12.2. The van der Waals surface area contributed by atoms with Gasteiger partial charge in [0, 0.05) is 24.3 Å². The van der Waals surface area contributed by atoms with Crippen molar-refractivity contribution in [3.8, 4) is 0 Å². The Morgan fingerprint density at radius 3 is 2.58 bits per heavy atom.